The molecule has 1 aliphatic rings. The minimum absolute atomic E-state index is 0.0826. The summed E-state index contributed by atoms with van der Waals surface area (Å²) in [7, 11) is 0. The maximum absolute atomic E-state index is 11.5. The van der Waals surface area contributed by atoms with E-state index >= 15 is 0 Å². The van der Waals surface area contributed by atoms with Crippen LogP contribution in [0.5, 0.6) is 0 Å². The average molecular weight is 198 g/mol. The summed E-state index contributed by atoms with van der Waals surface area (Å²) >= 11 is 0. The number of hydrogen-bond donors (Lipinski definition) is 1. The Labute approximate surface area is 86.7 Å². The Kier molecular flexibility index (Phi) is 1.57. The van der Waals surface area contributed by atoms with E-state index in [-0.39, 0.29) is 17.9 Å². The number of nitrogens with zero attached hydrogens (tertiary/aromatic N) is 3. The number of nitrogens with one attached hydrogen (secondary N) is 1. The van der Waals surface area contributed by atoms with Gasteiger partial charge in [-0.15, -0.1) is 5.10 Å². The van der Waals surface area contributed by atoms with Crippen molar-refractivity contribution in [3.8, 4) is 0 Å². The van der Waals surface area contributed by atoms with Crippen LogP contribution in [0.3, 0.4) is 0 Å². The van der Waals surface area contributed by atoms with E-state index < -0.39 is 6.98 Å². The predicted molar refractivity (Wildman–Crippen MR) is 50.6 cm³/mol. The first-order chi connectivity index (χ1) is 7.86. The SMILES string of the molecule is [2H][13C]([2H])([2H])n1cc([C@@H]2CC(=O)C[C@H](C)N2)nn1. The summed E-state index contributed by atoms with van der Waals surface area (Å²) in [5.74, 6) is 0.157. The van der Waals surface area contributed by atoms with E-state index in [1.165, 1.54) is 6.20 Å². The molecule has 2 heterocycles. The van der Waals surface area contributed by atoms with Crippen molar-refractivity contribution in [2.75, 3.05) is 0 Å². The van der Waals surface area contributed by atoms with Crippen LogP contribution in [0.25, 0.3) is 0 Å². The molecule has 0 radical (unpaired) electrons. The molecular weight excluding hydrogens is 181 g/mol. The fourth-order valence-electron chi connectivity index (χ4n) is 1.74. The van der Waals surface area contributed by atoms with Gasteiger partial charge in [0.1, 0.15) is 11.5 Å². The molecule has 14 heavy (non-hydrogen) atoms. The number of aryl methyl sites for hydroxylation is 1. The van der Waals surface area contributed by atoms with Crippen molar-refractivity contribution < 1.29 is 8.91 Å². The number of rotatable bonds is 1. The first kappa shape index (κ1) is 6.29. The molecule has 1 fully saturated rings. The Bertz CT molecular complexity index is 428. The minimum atomic E-state index is -2.32. The monoisotopic (exact) mass is 198 g/mol. The molecule has 0 aromatic carbocycles. The Hall–Kier alpha value is -1.23. The zero-order valence-corrected chi connectivity index (χ0v) is 7.90. The van der Waals surface area contributed by atoms with Crippen LogP contribution in [0.15, 0.2) is 6.20 Å². The molecule has 5 heteroatoms. The number of carbonyl (C=O) groups excluding carboxylic acids is 1. The van der Waals surface area contributed by atoms with Crippen molar-refractivity contribution >= 4 is 5.78 Å². The lowest BCUT2D eigenvalue weighted by Crippen LogP contribution is -2.39. The van der Waals surface area contributed by atoms with Crippen LogP contribution >= 0.6 is 0 Å². The highest BCUT2D eigenvalue weighted by Crippen LogP contribution is 2.21. The maximum Gasteiger partial charge on any atom is 0.136 e. The highest BCUT2D eigenvalue weighted by atomic mass is 16.1. The lowest BCUT2D eigenvalue weighted by atomic mass is 9.97. The van der Waals surface area contributed by atoms with Gasteiger partial charge < -0.3 is 5.32 Å². The van der Waals surface area contributed by atoms with Crippen molar-refractivity contribution in [1.82, 2.24) is 20.3 Å². The minimum Gasteiger partial charge on any atom is -0.305 e. The summed E-state index contributed by atoms with van der Waals surface area (Å²) in [6.07, 6.45) is 2.21. The van der Waals surface area contributed by atoms with Gasteiger partial charge in [-0.05, 0) is 6.92 Å². The lowest BCUT2D eigenvalue weighted by molar-refractivity contribution is -0.121. The van der Waals surface area contributed by atoms with E-state index in [9.17, 15) is 4.79 Å². The normalized spacial score (nSPS) is 32.1. The average Bonchev–Trinajstić information content (AvgIpc) is 2.63. The number of ketones is 1. The topological polar surface area (TPSA) is 59.8 Å². The van der Waals surface area contributed by atoms with Gasteiger partial charge in [-0.2, -0.15) is 0 Å². The van der Waals surface area contributed by atoms with E-state index in [0.717, 1.165) is 4.68 Å². The molecule has 0 amide bonds. The van der Waals surface area contributed by atoms with Gasteiger partial charge >= 0.3 is 0 Å². The van der Waals surface area contributed by atoms with Crippen LogP contribution in [0.4, 0.5) is 0 Å². The van der Waals surface area contributed by atoms with Gasteiger partial charge in [-0.3, -0.25) is 9.48 Å². The van der Waals surface area contributed by atoms with Crippen LogP contribution in [-0.4, -0.2) is 26.8 Å². The molecule has 2 rings (SSSR count). The maximum atomic E-state index is 11.5. The Morgan fingerprint density at radius 2 is 2.57 bits per heavy atom. The molecule has 1 aliphatic heterocycles. The van der Waals surface area contributed by atoms with E-state index in [1.807, 2.05) is 6.92 Å². The van der Waals surface area contributed by atoms with Crippen molar-refractivity contribution in [1.29, 1.82) is 0 Å². The largest absolute Gasteiger partial charge is 0.305 e. The zero-order chi connectivity index (χ0) is 12.6. The smallest absolute Gasteiger partial charge is 0.136 e. The highest BCUT2D eigenvalue weighted by molar-refractivity contribution is 5.80. The number of hydrogen-bond acceptors (Lipinski definition) is 4. The molecule has 0 bridgehead atoms. The first-order valence-corrected chi connectivity index (χ1v) is 4.57. The number of aromatic nitrogens is 3. The molecular formula is C9H14N4O. The van der Waals surface area contributed by atoms with E-state index in [2.05, 4.69) is 15.6 Å². The molecule has 0 saturated carbocycles. The number of Topliss-reactive ketones (excluding diaryl/α,β-unsaturated/α-hetero) is 1. The van der Waals surface area contributed by atoms with Gasteiger partial charge in [-0.25, -0.2) is 0 Å². The van der Waals surface area contributed by atoms with Crippen LogP contribution < -0.4 is 5.32 Å². The van der Waals surface area contributed by atoms with Crippen molar-refractivity contribution in [3.63, 3.8) is 0 Å². The third-order valence-corrected chi connectivity index (χ3v) is 2.32. The standard InChI is InChI=1S/C9H14N4O/c1-6-3-7(14)4-8(10-6)9-5-13(2)12-11-9/h5-6,8,10H,3-4H2,1-2H3/t6-,8-/m0/s1/i2+1D3. The molecule has 1 N–H and O–H groups in total. The summed E-state index contributed by atoms with van der Waals surface area (Å²) in [5.41, 5.74) is 0.501. The fourth-order valence-corrected chi connectivity index (χ4v) is 1.74. The van der Waals surface area contributed by atoms with Gasteiger partial charge in [0.15, 0.2) is 0 Å². The molecule has 1 saturated heterocycles. The van der Waals surface area contributed by atoms with Crippen LogP contribution in [0.1, 0.15) is 35.6 Å². The summed E-state index contributed by atoms with van der Waals surface area (Å²) < 4.78 is 22.4. The van der Waals surface area contributed by atoms with Crippen LogP contribution in [0, 0.1) is 0 Å². The van der Waals surface area contributed by atoms with Crippen molar-refractivity contribution in [3.05, 3.63) is 11.9 Å². The summed E-state index contributed by atoms with van der Waals surface area (Å²) in [5, 5.41) is 10.6. The summed E-state index contributed by atoms with van der Waals surface area (Å²) in [4.78, 5) is 11.5. The molecule has 76 valence electrons. The molecule has 1 aromatic rings. The first-order valence-electron chi connectivity index (χ1n) is 6.07. The van der Waals surface area contributed by atoms with E-state index in [4.69, 9.17) is 4.11 Å². The summed E-state index contributed by atoms with van der Waals surface area (Å²) in [6, 6.07) is -0.151. The molecule has 0 aliphatic carbocycles. The third-order valence-electron chi connectivity index (χ3n) is 2.32. The molecule has 0 unspecified atom stereocenters. The van der Waals surface area contributed by atoms with E-state index in [0.29, 0.717) is 18.5 Å². The molecule has 1 aromatic heterocycles. The molecule has 2 atom stereocenters. The Morgan fingerprint density at radius 1 is 1.71 bits per heavy atom. The van der Waals surface area contributed by atoms with Gasteiger partial charge in [0.2, 0.25) is 0 Å². The Morgan fingerprint density at radius 3 is 3.21 bits per heavy atom. The highest BCUT2D eigenvalue weighted by Gasteiger charge is 2.26. The third kappa shape index (κ3) is 1.82. The van der Waals surface area contributed by atoms with Crippen LogP contribution in [0.2, 0.25) is 0 Å². The quantitative estimate of drug-likeness (QED) is 0.655. The lowest BCUT2D eigenvalue weighted by Gasteiger charge is -2.26. The molecule has 5 nitrogen and oxygen atoms in total. The van der Waals surface area contributed by atoms with Crippen molar-refractivity contribution in [2.45, 2.75) is 31.8 Å². The molecule has 0 spiro atoms. The van der Waals surface area contributed by atoms with Gasteiger partial charge in [-0.1, -0.05) is 5.21 Å². The van der Waals surface area contributed by atoms with E-state index in [1.54, 1.807) is 0 Å². The number of carbonyl (C=O) groups is 1. The predicted octanol–water partition coefficient (Wildman–Crippen LogP) is 0.197. The fraction of sp³-hybridized carbons (Fsp3) is 0.667. The second kappa shape index (κ2) is 3.49. The number of piperidine rings is 1. The summed E-state index contributed by atoms with van der Waals surface area (Å²) in [6.45, 7) is -0.409. The van der Waals surface area contributed by atoms with Crippen molar-refractivity contribution in [2.24, 2.45) is 6.98 Å². The zero-order valence-electron chi connectivity index (χ0n) is 10.9. The Balaban J connectivity index is 2.17. The van der Waals surface area contributed by atoms with Crippen LogP contribution in [-0.2, 0) is 11.8 Å². The van der Waals surface area contributed by atoms with Gasteiger partial charge in [0, 0.05) is 36.2 Å². The van der Waals surface area contributed by atoms with Gasteiger partial charge in [0.05, 0.1) is 6.04 Å². The second-order valence-electron chi connectivity index (χ2n) is 3.66. The second-order valence-corrected chi connectivity index (χ2v) is 3.66. The van der Waals surface area contributed by atoms with Gasteiger partial charge in [0.25, 0.3) is 0 Å².